The minimum atomic E-state index is -3.83. The lowest BCUT2D eigenvalue weighted by Gasteiger charge is -2.00. The van der Waals surface area contributed by atoms with Gasteiger partial charge in [-0.25, -0.2) is 8.37 Å². The van der Waals surface area contributed by atoms with E-state index >= 15 is 0 Å². The standard InChI is InChI=1S/C8H14O4S/c1-3-5-7-11-13(9,10)12-8-6-4-2/h3-6H,7-8H2,1-2H3. The van der Waals surface area contributed by atoms with Crippen LogP contribution in [-0.2, 0) is 18.8 Å². The van der Waals surface area contributed by atoms with Crippen LogP contribution in [0.2, 0.25) is 0 Å². The van der Waals surface area contributed by atoms with Crippen molar-refractivity contribution in [1.82, 2.24) is 0 Å². The van der Waals surface area contributed by atoms with Crippen LogP contribution >= 0.6 is 0 Å². The topological polar surface area (TPSA) is 52.6 Å². The van der Waals surface area contributed by atoms with Gasteiger partial charge in [-0.15, -0.1) is 0 Å². The van der Waals surface area contributed by atoms with Crippen LogP contribution in [0.25, 0.3) is 0 Å². The highest BCUT2D eigenvalue weighted by Crippen LogP contribution is 1.96. The zero-order valence-electron chi connectivity index (χ0n) is 7.76. The summed E-state index contributed by atoms with van der Waals surface area (Å²) in [5.41, 5.74) is 0. The van der Waals surface area contributed by atoms with E-state index in [2.05, 4.69) is 8.37 Å². The van der Waals surface area contributed by atoms with Gasteiger partial charge in [0.1, 0.15) is 0 Å². The van der Waals surface area contributed by atoms with Crippen molar-refractivity contribution in [2.75, 3.05) is 13.2 Å². The van der Waals surface area contributed by atoms with Crippen LogP contribution in [0.4, 0.5) is 0 Å². The third kappa shape index (κ3) is 7.70. The van der Waals surface area contributed by atoms with Gasteiger partial charge in [0, 0.05) is 0 Å². The molecule has 0 heterocycles. The zero-order valence-corrected chi connectivity index (χ0v) is 8.58. The molecule has 0 bridgehead atoms. The Bertz CT molecular complexity index is 242. The summed E-state index contributed by atoms with van der Waals surface area (Å²) in [7, 11) is -3.83. The van der Waals surface area contributed by atoms with E-state index in [1.54, 1.807) is 38.2 Å². The minimum Gasteiger partial charge on any atom is -0.244 e. The van der Waals surface area contributed by atoms with Crippen molar-refractivity contribution in [2.24, 2.45) is 0 Å². The summed E-state index contributed by atoms with van der Waals surface area (Å²) in [6.45, 7) is 3.57. The second-order valence-corrected chi connectivity index (χ2v) is 3.40. The Kier molecular flexibility index (Phi) is 6.48. The monoisotopic (exact) mass is 206 g/mol. The predicted molar refractivity (Wildman–Crippen MR) is 50.5 cm³/mol. The lowest BCUT2D eigenvalue weighted by Crippen LogP contribution is -2.10. The third-order valence-corrected chi connectivity index (χ3v) is 1.94. The maximum absolute atomic E-state index is 10.9. The SMILES string of the molecule is CC=CCOS(=O)(=O)OCC=CC. The predicted octanol–water partition coefficient (Wildman–Crippen LogP) is 1.42. The Morgan fingerprint density at radius 3 is 1.69 bits per heavy atom. The Morgan fingerprint density at radius 1 is 1.00 bits per heavy atom. The van der Waals surface area contributed by atoms with Crippen LogP contribution in [0.3, 0.4) is 0 Å². The molecular weight excluding hydrogens is 192 g/mol. The van der Waals surface area contributed by atoms with Crippen molar-refractivity contribution < 1.29 is 16.8 Å². The van der Waals surface area contributed by atoms with E-state index in [-0.39, 0.29) is 13.2 Å². The molecule has 0 spiro atoms. The van der Waals surface area contributed by atoms with Gasteiger partial charge in [-0.3, -0.25) is 0 Å². The van der Waals surface area contributed by atoms with Gasteiger partial charge in [-0.05, 0) is 13.8 Å². The highest BCUT2D eigenvalue weighted by Gasteiger charge is 2.08. The van der Waals surface area contributed by atoms with Gasteiger partial charge in [0.25, 0.3) is 0 Å². The van der Waals surface area contributed by atoms with Gasteiger partial charge < -0.3 is 0 Å². The molecule has 0 fully saturated rings. The Hall–Kier alpha value is -0.650. The van der Waals surface area contributed by atoms with E-state index in [0.29, 0.717) is 0 Å². The van der Waals surface area contributed by atoms with E-state index in [1.165, 1.54) is 0 Å². The Labute approximate surface area is 79.2 Å². The first kappa shape index (κ1) is 12.3. The summed E-state index contributed by atoms with van der Waals surface area (Å²) in [6, 6.07) is 0. The number of hydrogen-bond acceptors (Lipinski definition) is 4. The molecular formula is C8H14O4S. The van der Waals surface area contributed by atoms with Crippen molar-refractivity contribution in [3.8, 4) is 0 Å². The van der Waals surface area contributed by atoms with Crippen molar-refractivity contribution in [2.45, 2.75) is 13.8 Å². The normalized spacial score (nSPS) is 13.1. The molecule has 0 saturated carbocycles. The van der Waals surface area contributed by atoms with Crippen LogP contribution in [0.1, 0.15) is 13.8 Å². The molecule has 0 aliphatic heterocycles. The lowest BCUT2D eigenvalue weighted by atomic mass is 10.6. The van der Waals surface area contributed by atoms with E-state index in [1.807, 2.05) is 0 Å². The Balaban J connectivity index is 3.81. The number of rotatable bonds is 6. The smallest absolute Gasteiger partial charge is 0.244 e. The minimum absolute atomic E-state index is 0.00860. The largest absolute Gasteiger partial charge is 0.400 e. The molecule has 76 valence electrons. The van der Waals surface area contributed by atoms with Gasteiger partial charge in [-0.1, -0.05) is 24.3 Å². The molecule has 0 aromatic rings. The van der Waals surface area contributed by atoms with Crippen LogP contribution in [0.5, 0.6) is 0 Å². The van der Waals surface area contributed by atoms with E-state index in [0.717, 1.165) is 0 Å². The van der Waals surface area contributed by atoms with Crippen molar-refractivity contribution in [3.05, 3.63) is 24.3 Å². The van der Waals surface area contributed by atoms with Crippen LogP contribution < -0.4 is 0 Å². The lowest BCUT2D eigenvalue weighted by molar-refractivity contribution is 0.247. The zero-order chi connectivity index (χ0) is 10.2. The molecule has 4 nitrogen and oxygen atoms in total. The molecule has 0 saturated heterocycles. The summed E-state index contributed by atoms with van der Waals surface area (Å²) in [5, 5.41) is 0. The van der Waals surface area contributed by atoms with Gasteiger partial charge in [0.05, 0.1) is 13.2 Å². The maximum atomic E-state index is 10.9. The second-order valence-electron chi connectivity index (χ2n) is 2.12. The van der Waals surface area contributed by atoms with Gasteiger partial charge in [-0.2, -0.15) is 8.42 Å². The van der Waals surface area contributed by atoms with Crippen LogP contribution in [0.15, 0.2) is 24.3 Å². The fourth-order valence-corrected chi connectivity index (χ4v) is 1.03. The summed E-state index contributed by atoms with van der Waals surface area (Å²) in [5.74, 6) is 0. The molecule has 0 aliphatic rings. The Morgan fingerprint density at radius 2 is 1.38 bits per heavy atom. The molecule has 13 heavy (non-hydrogen) atoms. The molecule has 5 heteroatoms. The average molecular weight is 206 g/mol. The fraction of sp³-hybridized carbons (Fsp3) is 0.500. The van der Waals surface area contributed by atoms with Crippen LogP contribution in [-0.4, -0.2) is 21.6 Å². The van der Waals surface area contributed by atoms with Crippen molar-refractivity contribution in [3.63, 3.8) is 0 Å². The fourth-order valence-electron chi connectivity index (χ4n) is 0.472. The molecule has 0 rings (SSSR count). The van der Waals surface area contributed by atoms with Crippen molar-refractivity contribution in [1.29, 1.82) is 0 Å². The maximum Gasteiger partial charge on any atom is 0.400 e. The number of allylic oxidation sites excluding steroid dienone is 2. The quantitative estimate of drug-likeness (QED) is 0.617. The molecule has 0 atom stereocenters. The van der Waals surface area contributed by atoms with Gasteiger partial charge in [0.2, 0.25) is 0 Å². The summed E-state index contributed by atoms with van der Waals surface area (Å²) in [6.07, 6.45) is 6.55. The first-order chi connectivity index (χ1) is 6.12. The highest BCUT2D eigenvalue weighted by atomic mass is 32.3. The third-order valence-electron chi connectivity index (χ3n) is 1.09. The first-order valence-electron chi connectivity index (χ1n) is 3.88. The van der Waals surface area contributed by atoms with Crippen LogP contribution in [0, 0.1) is 0 Å². The van der Waals surface area contributed by atoms with E-state index in [4.69, 9.17) is 0 Å². The number of hydrogen-bond donors (Lipinski definition) is 0. The van der Waals surface area contributed by atoms with E-state index < -0.39 is 10.4 Å². The molecule has 0 N–H and O–H groups in total. The van der Waals surface area contributed by atoms with Crippen molar-refractivity contribution >= 4 is 10.4 Å². The molecule has 0 aromatic carbocycles. The highest BCUT2D eigenvalue weighted by molar-refractivity contribution is 7.81. The molecule has 0 amide bonds. The first-order valence-corrected chi connectivity index (χ1v) is 5.22. The molecule has 0 aliphatic carbocycles. The average Bonchev–Trinajstić information content (AvgIpc) is 2.05. The van der Waals surface area contributed by atoms with Gasteiger partial charge in [0.15, 0.2) is 0 Å². The summed E-state index contributed by atoms with van der Waals surface area (Å²) in [4.78, 5) is 0. The van der Waals surface area contributed by atoms with E-state index in [9.17, 15) is 8.42 Å². The summed E-state index contributed by atoms with van der Waals surface area (Å²) < 4.78 is 30.6. The van der Waals surface area contributed by atoms with Gasteiger partial charge >= 0.3 is 10.4 Å². The summed E-state index contributed by atoms with van der Waals surface area (Å²) >= 11 is 0. The molecule has 0 radical (unpaired) electrons. The second kappa shape index (κ2) is 6.82. The molecule has 0 aromatic heterocycles. The molecule has 0 unspecified atom stereocenters.